The summed E-state index contributed by atoms with van der Waals surface area (Å²) < 4.78 is 27.1. The maximum Gasteiger partial charge on any atom is 0.243 e. The molecule has 0 aliphatic carbocycles. The Hall–Kier alpha value is -2.09. The monoisotopic (exact) mass is 421 g/mol. The lowest BCUT2D eigenvalue weighted by Gasteiger charge is -2.24. The topological polar surface area (TPSA) is 69.7 Å². The minimum absolute atomic E-state index is 0.153. The largest absolute Gasteiger partial charge is 0.373 e. The fourth-order valence-electron chi connectivity index (χ4n) is 3.31. The summed E-state index contributed by atoms with van der Waals surface area (Å²) in [7, 11) is -1.78. The van der Waals surface area contributed by atoms with Crippen LogP contribution in [0.15, 0.2) is 59.5 Å². The highest BCUT2D eigenvalue weighted by atomic mass is 35.5. The molecule has 0 radical (unpaired) electrons. The van der Waals surface area contributed by atoms with Crippen molar-refractivity contribution in [1.82, 2.24) is 9.62 Å². The molecule has 6 nitrogen and oxygen atoms in total. The van der Waals surface area contributed by atoms with Gasteiger partial charge in [0.2, 0.25) is 15.9 Å². The van der Waals surface area contributed by atoms with Crippen molar-refractivity contribution in [2.45, 2.75) is 23.8 Å². The molecule has 0 bridgehead atoms. The van der Waals surface area contributed by atoms with E-state index in [2.05, 4.69) is 5.32 Å². The zero-order chi connectivity index (χ0) is 20.1. The lowest BCUT2D eigenvalue weighted by Crippen LogP contribution is -2.47. The second-order valence-corrected chi connectivity index (χ2v) is 9.10. The normalized spacial score (nSPS) is 17.4. The van der Waals surface area contributed by atoms with Crippen LogP contribution in [0.3, 0.4) is 0 Å². The number of carbonyl (C=O) groups excluding carboxylic acids is 1. The Morgan fingerprint density at radius 2 is 1.86 bits per heavy atom. The molecule has 1 atom stereocenters. The summed E-state index contributed by atoms with van der Waals surface area (Å²) in [6.07, 6.45) is 1.18. The quantitative estimate of drug-likeness (QED) is 0.746. The van der Waals surface area contributed by atoms with Gasteiger partial charge in [-0.1, -0.05) is 29.8 Å². The molecule has 3 rings (SSSR count). The number of nitrogens with one attached hydrogen (secondary N) is 1. The second-order valence-electron chi connectivity index (χ2n) is 6.78. The molecule has 1 heterocycles. The van der Waals surface area contributed by atoms with Crippen LogP contribution < -0.4 is 10.2 Å². The molecule has 1 saturated heterocycles. The van der Waals surface area contributed by atoms with Gasteiger partial charge in [0.1, 0.15) is 6.04 Å². The zero-order valence-electron chi connectivity index (χ0n) is 15.7. The fourth-order valence-corrected chi connectivity index (χ4v) is 5.09. The number of likely N-dealkylation sites (N-methyl/N-ethyl adjacent to an activating group) is 1. The highest BCUT2D eigenvalue weighted by molar-refractivity contribution is 7.89. The van der Waals surface area contributed by atoms with E-state index in [1.165, 1.54) is 16.4 Å². The van der Waals surface area contributed by atoms with Gasteiger partial charge in [0, 0.05) is 37.4 Å². The molecular weight excluding hydrogens is 398 g/mol. The molecule has 0 saturated carbocycles. The van der Waals surface area contributed by atoms with Crippen LogP contribution in [0.1, 0.15) is 12.8 Å². The number of para-hydroxylation sites is 1. The molecule has 2 aromatic rings. The number of hydrogen-bond donors (Lipinski definition) is 1. The van der Waals surface area contributed by atoms with E-state index in [0.29, 0.717) is 37.5 Å². The molecule has 8 heteroatoms. The highest BCUT2D eigenvalue weighted by Gasteiger charge is 2.39. The van der Waals surface area contributed by atoms with Crippen molar-refractivity contribution >= 4 is 33.2 Å². The first-order valence-electron chi connectivity index (χ1n) is 9.21. The van der Waals surface area contributed by atoms with Crippen LogP contribution in [0, 0.1) is 0 Å². The number of carbonyl (C=O) groups is 1. The van der Waals surface area contributed by atoms with Gasteiger partial charge in [0.05, 0.1) is 4.90 Å². The molecule has 1 aliphatic rings. The second kappa shape index (κ2) is 8.94. The average Bonchev–Trinajstić information content (AvgIpc) is 3.20. The number of halogens is 1. The Bertz CT molecular complexity index is 904. The molecule has 1 N–H and O–H groups in total. The van der Waals surface area contributed by atoms with Gasteiger partial charge in [-0.3, -0.25) is 4.79 Å². The van der Waals surface area contributed by atoms with Crippen LogP contribution in [-0.4, -0.2) is 51.4 Å². The number of benzene rings is 2. The molecule has 1 fully saturated rings. The van der Waals surface area contributed by atoms with Crippen LogP contribution in [0.2, 0.25) is 5.02 Å². The summed E-state index contributed by atoms with van der Waals surface area (Å²) in [5.74, 6) is -0.253. The van der Waals surface area contributed by atoms with Crippen molar-refractivity contribution in [2.75, 3.05) is 31.6 Å². The Morgan fingerprint density at radius 1 is 1.18 bits per heavy atom. The van der Waals surface area contributed by atoms with E-state index in [9.17, 15) is 13.2 Å². The number of hydrogen-bond acceptors (Lipinski definition) is 4. The van der Waals surface area contributed by atoms with E-state index in [-0.39, 0.29) is 10.8 Å². The van der Waals surface area contributed by atoms with E-state index in [0.717, 1.165) is 5.69 Å². The van der Waals surface area contributed by atoms with Gasteiger partial charge in [-0.25, -0.2) is 8.42 Å². The van der Waals surface area contributed by atoms with Gasteiger partial charge >= 0.3 is 0 Å². The van der Waals surface area contributed by atoms with E-state index in [1.807, 2.05) is 42.3 Å². The van der Waals surface area contributed by atoms with E-state index < -0.39 is 16.1 Å². The van der Waals surface area contributed by atoms with E-state index in [4.69, 9.17) is 11.6 Å². The molecule has 28 heavy (non-hydrogen) atoms. The predicted molar refractivity (Wildman–Crippen MR) is 111 cm³/mol. The van der Waals surface area contributed by atoms with Crippen molar-refractivity contribution in [2.24, 2.45) is 0 Å². The first-order chi connectivity index (χ1) is 13.4. The summed E-state index contributed by atoms with van der Waals surface area (Å²) in [6.45, 7) is 1.41. The maximum atomic E-state index is 12.9. The zero-order valence-corrected chi connectivity index (χ0v) is 17.3. The fraction of sp³-hybridized carbons (Fsp3) is 0.350. The number of rotatable bonds is 7. The molecule has 1 amide bonds. The first kappa shape index (κ1) is 20.6. The van der Waals surface area contributed by atoms with Crippen molar-refractivity contribution in [3.8, 4) is 0 Å². The van der Waals surface area contributed by atoms with Crippen LogP contribution >= 0.6 is 11.6 Å². The molecule has 0 aromatic heterocycles. The minimum Gasteiger partial charge on any atom is -0.373 e. The Balaban J connectivity index is 1.60. The molecule has 2 aromatic carbocycles. The number of sulfonamides is 1. The van der Waals surface area contributed by atoms with Gasteiger partial charge in [-0.2, -0.15) is 4.31 Å². The number of amides is 1. The Morgan fingerprint density at radius 3 is 2.54 bits per heavy atom. The van der Waals surface area contributed by atoms with Crippen molar-refractivity contribution < 1.29 is 13.2 Å². The predicted octanol–water partition coefficient (Wildman–Crippen LogP) is 2.75. The van der Waals surface area contributed by atoms with Crippen molar-refractivity contribution in [3.05, 3.63) is 59.6 Å². The highest BCUT2D eigenvalue weighted by Crippen LogP contribution is 2.27. The molecule has 0 unspecified atom stereocenters. The van der Waals surface area contributed by atoms with Gasteiger partial charge in [0.15, 0.2) is 0 Å². The summed E-state index contributed by atoms with van der Waals surface area (Å²) in [6, 6.07) is 15.2. The van der Waals surface area contributed by atoms with Gasteiger partial charge < -0.3 is 10.2 Å². The maximum absolute atomic E-state index is 12.9. The Kier molecular flexibility index (Phi) is 6.59. The number of anilines is 1. The Labute approximate surface area is 171 Å². The van der Waals surface area contributed by atoms with Gasteiger partial charge in [-0.05, 0) is 49.2 Å². The summed E-state index contributed by atoms with van der Waals surface area (Å²) in [5.41, 5.74) is 1.06. The first-order valence-corrected chi connectivity index (χ1v) is 11.0. The van der Waals surface area contributed by atoms with Crippen molar-refractivity contribution in [1.29, 1.82) is 0 Å². The number of nitrogens with zero attached hydrogens (tertiary/aromatic N) is 2. The third kappa shape index (κ3) is 4.66. The van der Waals surface area contributed by atoms with Gasteiger partial charge in [-0.15, -0.1) is 0 Å². The lowest BCUT2D eigenvalue weighted by molar-refractivity contribution is -0.124. The van der Waals surface area contributed by atoms with Crippen LogP contribution in [-0.2, 0) is 14.8 Å². The van der Waals surface area contributed by atoms with E-state index in [1.54, 1.807) is 12.1 Å². The van der Waals surface area contributed by atoms with Crippen molar-refractivity contribution in [3.63, 3.8) is 0 Å². The minimum atomic E-state index is -3.73. The van der Waals surface area contributed by atoms with E-state index >= 15 is 0 Å². The van der Waals surface area contributed by atoms with Crippen LogP contribution in [0.5, 0.6) is 0 Å². The van der Waals surface area contributed by atoms with Crippen LogP contribution in [0.25, 0.3) is 0 Å². The average molecular weight is 422 g/mol. The standard InChI is InChI=1S/C20H24ClN3O3S/c1-23(17-6-3-2-4-7-17)15-13-22-20(25)19-8-5-14-24(19)28(26,27)18-11-9-16(21)10-12-18/h2-4,6-7,9-12,19H,5,8,13-15H2,1H3,(H,22,25)/t19-/m1/s1. The summed E-state index contributed by atoms with van der Waals surface area (Å²) in [4.78, 5) is 14.8. The third-order valence-corrected chi connectivity index (χ3v) is 7.04. The third-order valence-electron chi connectivity index (χ3n) is 4.87. The summed E-state index contributed by atoms with van der Waals surface area (Å²) in [5, 5.41) is 3.35. The summed E-state index contributed by atoms with van der Waals surface area (Å²) >= 11 is 5.85. The smallest absolute Gasteiger partial charge is 0.243 e. The molecule has 150 valence electrons. The molecule has 1 aliphatic heterocycles. The SMILES string of the molecule is CN(CCNC(=O)[C@H]1CCCN1S(=O)(=O)c1ccc(Cl)cc1)c1ccccc1. The molecular formula is C20H24ClN3O3S. The van der Waals surface area contributed by atoms with Crippen LogP contribution in [0.4, 0.5) is 5.69 Å². The van der Waals surface area contributed by atoms with Gasteiger partial charge in [0.25, 0.3) is 0 Å². The lowest BCUT2D eigenvalue weighted by atomic mass is 10.2. The molecule has 0 spiro atoms.